The molecule has 0 radical (unpaired) electrons. The number of aromatic hydroxyl groups is 1. The molecular formula is C29H43N5O3. The van der Waals surface area contributed by atoms with E-state index in [1.807, 2.05) is 30.3 Å². The number of ether oxygens (including phenoxy) is 1. The van der Waals surface area contributed by atoms with Crippen LogP contribution in [0, 0.1) is 0 Å². The lowest BCUT2D eigenvalue weighted by Crippen LogP contribution is -2.41. The Kier molecular flexibility index (Phi) is 11.7. The van der Waals surface area contributed by atoms with Crippen LogP contribution >= 0.6 is 0 Å². The third kappa shape index (κ3) is 8.76. The summed E-state index contributed by atoms with van der Waals surface area (Å²) in [6, 6.07) is 13.1. The van der Waals surface area contributed by atoms with Crippen LogP contribution in [0.25, 0.3) is 0 Å². The summed E-state index contributed by atoms with van der Waals surface area (Å²) in [6.07, 6.45) is 9.54. The number of hydrogen-bond donors (Lipinski definition) is 4. The highest BCUT2D eigenvalue weighted by Gasteiger charge is 2.30. The molecule has 8 heteroatoms. The molecule has 2 aromatic rings. The first-order chi connectivity index (χ1) is 18.0. The van der Waals surface area contributed by atoms with Crippen molar-refractivity contribution in [3.63, 3.8) is 0 Å². The lowest BCUT2D eigenvalue weighted by molar-refractivity contribution is -0.122. The Bertz CT molecular complexity index is 992. The van der Waals surface area contributed by atoms with Gasteiger partial charge in [-0.15, -0.1) is 0 Å². The standard InChI is InChI=1S/C29H43N5O3/c1-4-7-8-9-10-11-18-37-25-16-13-22(14-17-25)26-20-27(32-31-26)29(36)33-30-21-23-12-15-24(19-28(23)35)34(5-2)6-3/h12-17,19,21,26-27,31-32,35H,4-11,18,20H2,1-3H3,(H,33,36)/b30-21+. The van der Waals surface area contributed by atoms with Gasteiger partial charge < -0.3 is 14.7 Å². The molecule has 202 valence electrons. The van der Waals surface area contributed by atoms with Crippen LogP contribution in [-0.4, -0.2) is 43.0 Å². The van der Waals surface area contributed by atoms with Gasteiger partial charge >= 0.3 is 0 Å². The van der Waals surface area contributed by atoms with Gasteiger partial charge in [0.25, 0.3) is 5.91 Å². The van der Waals surface area contributed by atoms with Gasteiger partial charge in [0.15, 0.2) is 0 Å². The van der Waals surface area contributed by atoms with E-state index < -0.39 is 6.04 Å². The molecule has 8 nitrogen and oxygen atoms in total. The van der Waals surface area contributed by atoms with E-state index in [2.05, 4.69) is 47.0 Å². The van der Waals surface area contributed by atoms with E-state index in [4.69, 9.17) is 4.74 Å². The molecule has 0 bridgehead atoms. The van der Waals surface area contributed by atoms with E-state index in [1.54, 1.807) is 12.1 Å². The number of hydrogen-bond acceptors (Lipinski definition) is 7. The summed E-state index contributed by atoms with van der Waals surface area (Å²) >= 11 is 0. The Morgan fingerprint density at radius 3 is 2.49 bits per heavy atom. The van der Waals surface area contributed by atoms with Crippen LogP contribution < -0.4 is 25.9 Å². The second-order valence-corrected chi connectivity index (χ2v) is 9.46. The highest BCUT2D eigenvalue weighted by Crippen LogP contribution is 2.25. The fourth-order valence-electron chi connectivity index (χ4n) is 4.49. The highest BCUT2D eigenvalue weighted by molar-refractivity contribution is 5.87. The zero-order valence-electron chi connectivity index (χ0n) is 22.5. The number of phenols is 1. The van der Waals surface area contributed by atoms with Crippen molar-refractivity contribution in [3.05, 3.63) is 53.6 Å². The number of amides is 1. The van der Waals surface area contributed by atoms with Crippen LogP contribution in [0.1, 0.15) is 82.9 Å². The molecule has 1 heterocycles. The molecule has 0 spiro atoms. The second kappa shape index (κ2) is 15.2. The largest absolute Gasteiger partial charge is 0.507 e. The number of phenolic OH excluding ortho intramolecular Hbond substituents is 1. The Balaban J connectivity index is 1.42. The number of carbonyl (C=O) groups is 1. The van der Waals surface area contributed by atoms with Crippen molar-refractivity contribution in [3.8, 4) is 11.5 Å². The number of benzene rings is 2. The summed E-state index contributed by atoms with van der Waals surface area (Å²) in [5.74, 6) is 0.771. The van der Waals surface area contributed by atoms with Gasteiger partial charge in [-0.3, -0.25) is 4.79 Å². The van der Waals surface area contributed by atoms with E-state index in [0.29, 0.717) is 12.0 Å². The van der Waals surface area contributed by atoms with Crippen molar-refractivity contribution in [1.82, 2.24) is 16.3 Å². The van der Waals surface area contributed by atoms with Gasteiger partial charge in [-0.25, -0.2) is 16.3 Å². The molecule has 2 unspecified atom stereocenters. The van der Waals surface area contributed by atoms with Crippen molar-refractivity contribution in [1.29, 1.82) is 0 Å². The molecule has 0 aliphatic carbocycles. The van der Waals surface area contributed by atoms with Crippen molar-refractivity contribution in [2.45, 2.75) is 77.8 Å². The monoisotopic (exact) mass is 509 g/mol. The Labute approximate surface area is 221 Å². The summed E-state index contributed by atoms with van der Waals surface area (Å²) in [6.45, 7) is 8.85. The molecule has 1 saturated heterocycles. The Morgan fingerprint density at radius 1 is 1.05 bits per heavy atom. The molecule has 1 amide bonds. The number of carbonyl (C=O) groups excluding carboxylic acids is 1. The summed E-state index contributed by atoms with van der Waals surface area (Å²) in [4.78, 5) is 14.7. The molecule has 37 heavy (non-hydrogen) atoms. The van der Waals surface area contributed by atoms with Crippen LogP contribution in [0.5, 0.6) is 11.5 Å². The summed E-state index contributed by atoms with van der Waals surface area (Å²) in [7, 11) is 0. The lowest BCUT2D eigenvalue weighted by Gasteiger charge is -2.21. The van der Waals surface area contributed by atoms with Gasteiger partial charge in [0.2, 0.25) is 0 Å². The fourth-order valence-corrected chi connectivity index (χ4v) is 4.49. The molecule has 1 aliphatic rings. The number of hydrazine groups is 1. The second-order valence-electron chi connectivity index (χ2n) is 9.46. The average Bonchev–Trinajstić information content (AvgIpc) is 3.41. The molecule has 1 aliphatic heterocycles. The van der Waals surface area contributed by atoms with Gasteiger partial charge in [0.05, 0.1) is 12.8 Å². The van der Waals surface area contributed by atoms with E-state index in [-0.39, 0.29) is 17.7 Å². The van der Waals surface area contributed by atoms with Crippen LogP contribution in [0.15, 0.2) is 47.6 Å². The summed E-state index contributed by atoms with van der Waals surface area (Å²) in [5.41, 5.74) is 11.4. The number of rotatable bonds is 15. The quantitative estimate of drug-likeness (QED) is 0.153. The van der Waals surface area contributed by atoms with Crippen LogP contribution in [0.4, 0.5) is 5.69 Å². The SMILES string of the molecule is CCCCCCCCOc1ccc(C2CC(C(=O)N/N=C/c3ccc(N(CC)CC)cc3O)NN2)cc1. The molecule has 0 aromatic heterocycles. The van der Waals surface area contributed by atoms with Crippen molar-refractivity contribution < 1.29 is 14.6 Å². The number of anilines is 1. The van der Waals surface area contributed by atoms with Crippen LogP contribution in [0.3, 0.4) is 0 Å². The number of nitrogens with one attached hydrogen (secondary N) is 3. The zero-order chi connectivity index (χ0) is 26.5. The van der Waals surface area contributed by atoms with E-state index in [9.17, 15) is 9.90 Å². The Morgan fingerprint density at radius 2 is 1.78 bits per heavy atom. The molecule has 2 atom stereocenters. The lowest BCUT2D eigenvalue weighted by atomic mass is 10.0. The highest BCUT2D eigenvalue weighted by atomic mass is 16.5. The third-order valence-electron chi connectivity index (χ3n) is 6.79. The zero-order valence-corrected chi connectivity index (χ0v) is 22.5. The predicted octanol–water partition coefficient (Wildman–Crippen LogP) is 5.04. The smallest absolute Gasteiger partial charge is 0.258 e. The van der Waals surface area contributed by atoms with Gasteiger partial charge in [-0.05, 0) is 56.5 Å². The minimum absolute atomic E-state index is 0.0176. The first-order valence-corrected chi connectivity index (χ1v) is 13.7. The predicted molar refractivity (Wildman–Crippen MR) is 150 cm³/mol. The van der Waals surface area contributed by atoms with Gasteiger partial charge in [0, 0.05) is 36.4 Å². The summed E-state index contributed by atoms with van der Waals surface area (Å²) < 4.78 is 5.87. The van der Waals surface area contributed by atoms with E-state index >= 15 is 0 Å². The number of nitrogens with zero attached hydrogens (tertiary/aromatic N) is 2. The minimum Gasteiger partial charge on any atom is -0.507 e. The van der Waals surface area contributed by atoms with Crippen molar-refractivity contribution in [2.24, 2.45) is 5.10 Å². The topological polar surface area (TPSA) is 98.2 Å². The molecule has 0 saturated carbocycles. The van der Waals surface area contributed by atoms with Crippen LogP contribution in [0.2, 0.25) is 0 Å². The van der Waals surface area contributed by atoms with Gasteiger partial charge in [-0.1, -0.05) is 51.2 Å². The Hall–Kier alpha value is -3.10. The van der Waals surface area contributed by atoms with E-state index in [1.165, 1.54) is 38.3 Å². The van der Waals surface area contributed by atoms with Crippen LogP contribution in [-0.2, 0) is 4.79 Å². The minimum atomic E-state index is -0.413. The van der Waals surface area contributed by atoms with Gasteiger partial charge in [-0.2, -0.15) is 5.10 Å². The number of unbranched alkanes of at least 4 members (excludes halogenated alkanes) is 5. The summed E-state index contributed by atoms with van der Waals surface area (Å²) in [5, 5.41) is 14.4. The van der Waals surface area contributed by atoms with E-state index in [0.717, 1.165) is 43.1 Å². The maximum Gasteiger partial charge on any atom is 0.258 e. The molecule has 1 fully saturated rings. The van der Waals surface area contributed by atoms with Crippen molar-refractivity contribution >= 4 is 17.8 Å². The van der Waals surface area contributed by atoms with Gasteiger partial charge in [0.1, 0.15) is 17.5 Å². The first-order valence-electron chi connectivity index (χ1n) is 13.7. The molecular weight excluding hydrogens is 466 g/mol. The fraction of sp³-hybridized carbons (Fsp3) is 0.517. The normalized spacial score (nSPS) is 17.3. The number of hydrazone groups is 1. The first kappa shape index (κ1) is 28.5. The van der Waals surface area contributed by atoms with Crippen molar-refractivity contribution in [2.75, 3.05) is 24.6 Å². The molecule has 3 rings (SSSR count). The third-order valence-corrected chi connectivity index (χ3v) is 6.79. The maximum absolute atomic E-state index is 12.6. The average molecular weight is 510 g/mol. The molecule has 2 aromatic carbocycles. The maximum atomic E-state index is 12.6. The molecule has 4 N–H and O–H groups in total.